The minimum absolute atomic E-state index is 0. The Bertz CT molecular complexity index is 666. The van der Waals surface area contributed by atoms with Gasteiger partial charge in [0.25, 0.3) is 0 Å². The lowest BCUT2D eigenvalue weighted by atomic mass is 10.2. The first-order chi connectivity index (χ1) is 11.7. The van der Waals surface area contributed by atoms with Gasteiger partial charge < -0.3 is 49.2 Å². The topological polar surface area (TPSA) is 43.0 Å². The monoisotopic (exact) mass is 398 g/mol. The van der Waals surface area contributed by atoms with Gasteiger partial charge in [-0.25, -0.2) is 0 Å². The first kappa shape index (κ1) is 22.4. The zero-order chi connectivity index (χ0) is 16.8. The zero-order valence-electron chi connectivity index (χ0n) is 15.0. The Kier molecular flexibility index (Phi) is 9.59. The number of halogens is 2. The zero-order valence-corrected chi connectivity index (χ0v) is 16.5. The van der Waals surface area contributed by atoms with Crippen LogP contribution in [0.5, 0.6) is 17.2 Å². The molecule has 0 aromatic heterocycles. The molecule has 2 aromatic rings. The lowest BCUT2D eigenvalue weighted by molar-refractivity contribution is -0.00100. The number of rotatable bonds is 8. The molecule has 26 heavy (non-hydrogen) atoms. The van der Waals surface area contributed by atoms with Crippen LogP contribution in [-0.2, 0) is 13.2 Å². The van der Waals surface area contributed by atoms with E-state index in [0.29, 0.717) is 13.4 Å². The third-order valence-electron chi connectivity index (χ3n) is 3.83. The van der Waals surface area contributed by atoms with Crippen LogP contribution in [0.15, 0.2) is 42.5 Å². The third kappa shape index (κ3) is 6.57. The average molecular weight is 399 g/mol. The molecule has 1 N–H and O–H groups in total. The highest BCUT2D eigenvalue weighted by Gasteiger charge is 2.13. The molecule has 1 heterocycles. The second-order valence-corrected chi connectivity index (χ2v) is 6.10. The van der Waals surface area contributed by atoms with Gasteiger partial charge in [0.1, 0.15) is 12.4 Å². The van der Waals surface area contributed by atoms with E-state index in [4.69, 9.17) is 14.2 Å². The fourth-order valence-electron chi connectivity index (χ4n) is 2.44. The van der Waals surface area contributed by atoms with Gasteiger partial charge in [0.15, 0.2) is 11.5 Å². The summed E-state index contributed by atoms with van der Waals surface area (Å²) in [5.41, 5.74) is 2.32. The molecule has 0 amide bonds. The quantitative estimate of drug-likeness (QED) is 0.471. The Morgan fingerprint density at radius 2 is 1.65 bits per heavy atom. The smallest absolute Gasteiger partial charge is 0.231 e. The fraction of sp³-hybridized carbons (Fsp3) is 0.368. The van der Waals surface area contributed by atoms with Gasteiger partial charge in [-0.3, -0.25) is 0 Å². The summed E-state index contributed by atoms with van der Waals surface area (Å²) >= 11 is 0. The highest BCUT2D eigenvalue weighted by Crippen LogP contribution is 2.32. The molecular weight excluding hydrogens is 375 g/mol. The van der Waals surface area contributed by atoms with Crippen molar-refractivity contribution in [3.63, 3.8) is 0 Å². The number of nitrogens with one attached hydrogen (secondary N) is 1. The first-order valence-corrected chi connectivity index (χ1v) is 8.16. The normalized spacial score (nSPS) is 11.7. The van der Waals surface area contributed by atoms with E-state index in [1.54, 1.807) is 0 Å². The molecule has 3 rings (SSSR count). The number of ether oxygens (including phenoxy) is 3. The van der Waals surface area contributed by atoms with E-state index in [1.165, 1.54) is 5.56 Å². The van der Waals surface area contributed by atoms with Gasteiger partial charge >= 0.3 is 0 Å². The average Bonchev–Trinajstić information content (AvgIpc) is 3.05. The second kappa shape index (κ2) is 11.1. The minimum Gasteiger partial charge on any atom is -1.00 e. The summed E-state index contributed by atoms with van der Waals surface area (Å²) in [5, 5.41) is 3.43. The molecular formula is C19H24Cl2N2O3-2. The summed E-state index contributed by atoms with van der Waals surface area (Å²) in [4.78, 5) is 2.17. The predicted molar refractivity (Wildman–Crippen MR) is 93.6 cm³/mol. The molecule has 1 aliphatic heterocycles. The highest BCUT2D eigenvalue weighted by molar-refractivity contribution is 5.44. The van der Waals surface area contributed by atoms with E-state index in [1.807, 2.05) is 30.3 Å². The van der Waals surface area contributed by atoms with Crippen molar-refractivity contribution in [3.8, 4) is 17.2 Å². The standard InChI is InChI=1S/C19H24N2O3.2ClH/c1-21(2)10-9-20-12-15-3-6-17(7-4-15)22-13-16-5-8-18-19(11-16)24-14-23-18;;/h3-8,11,20H,9-10,12-14H2,1-2H3;2*1H/p-2. The Morgan fingerprint density at radius 1 is 0.962 bits per heavy atom. The van der Waals surface area contributed by atoms with Crippen molar-refractivity contribution in [1.29, 1.82) is 0 Å². The van der Waals surface area contributed by atoms with Crippen LogP contribution in [-0.4, -0.2) is 38.9 Å². The van der Waals surface area contributed by atoms with Gasteiger partial charge in [-0.05, 0) is 49.5 Å². The van der Waals surface area contributed by atoms with E-state index in [0.717, 1.165) is 42.4 Å². The molecule has 1 aliphatic rings. The van der Waals surface area contributed by atoms with Crippen LogP contribution < -0.4 is 44.3 Å². The second-order valence-electron chi connectivity index (χ2n) is 6.10. The van der Waals surface area contributed by atoms with Gasteiger partial charge in [-0.15, -0.1) is 0 Å². The lowest BCUT2D eigenvalue weighted by Crippen LogP contribution is -3.00. The van der Waals surface area contributed by atoms with Crippen molar-refractivity contribution in [2.45, 2.75) is 13.2 Å². The number of fused-ring (bicyclic) bond motifs is 1. The summed E-state index contributed by atoms with van der Waals surface area (Å²) in [6, 6.07) is 14.1. The van der Waals surface area contributed by atoms with Crippen LogP contribution in [0, 0.1) is 0 Å². The summed E-state index contributed by atoms with van der Waals surface area (Å²) in [6.45, 7) is 3.70. The summed E-state index contributed by atoms with van der Waals surface area (Å²) < 4.78 is 16.5. The van der Waals surface area contributed by atoms with E-state index in [9.17, 15) is 0 Å². The number of likely N-dealkylation sites (N-methyl/N-ethyl adjacent to an activating group) is 1. The maximum absolute atomic E-state index is 5.84. The Labute approximate surface area is 167 Å². The Balaban J connectivity index is 0.00000169. The van der Waals surface area contributed by atoms with Crippen molar-refractivity contribution in [2.75, 3.05) is 34.0 Å². The number of hydrogen-bond acceptors (Lipinski definition) is 5. The van der Waals surface area contributed by atoms with Crippen molar-refractivity contribution < 1.29 is 39.0 Å². The number of nitrogens with zero attached hydrogens (tertiary/aromatic N) is 1. The van der Waals surface area contributed by atoms with Gasteiger partial charge in [0.05, 0.1) is 0 Å². The lowest BCUT2D eigenvalue weighted by Gasteiger charge is -2.11. The predicted octanol–water partition coefficient (Wildman–Crippen LogP) is -3.35. The van der Waals surface area contributed by atoms with Crippen LogP contribution in [0.4, 0.5) is 0 Å². The maximum Gasteiger partial charge on any atom is 0.231 e. The summed E-state index contributed by atoms with van der Waals surface area (Å²) in [5.74, 6) is 2.45. The van der Waals surface area contributed by atoms with Crippen molar-refractivity contribution in [2.24, 2.45) is 0 Å². The molecule has 0 fully saturated rings. The first-order valence-electron chi connectivity index (χ1n) is 8.16. The van der Waals surface area contributed by atoms with Gasteiger partial charge in [0.2, 0.25) is 6.79 Å². The van der Waals surface area contributed by atoms with E-state index >= 15 is 0 Å². The van der Waals surface area contributed by atoms with E-state index in [-0.39, 0.29) is 24.8 Å². The Hall–Kier alpha value is -1.66. The molecule has 0 radical (unpaired) electrons. The van der Waals surface area contributed by atoms with Crippen molar-refractivity contribution in [1.82, 2.24) is 10.2 Å². The molecule has 0 unspecified atom stereocenters. The van der Waals surface area contributed by atoms with Crippen LogP contribution in [0.2, 0.25) is 0 Å². The number of benzene rings is 2. The number of hydrogen-bond donors (Lipinski definition) is 1. The fourth-order valence-corrected chi connectivity index (χ4v) is 2.44. The molecule has 0 saturated heterocycles. The molecule has 0 aliphatic carbocycles. The van der Waals surface area contributed by atoms with Gasteiger partial charge in [-0.1, -0.05) is 18.2 Å². The molecule has 2 aromatic carbocycles. The Morgan fingerprint density at radius 3 is 2.38 bits per heavy atom. The largest absolute Gasteiger partial charge is 1.00 e. The minimum atomic E-state index is 0. The molecule has 7 heteroatoms. The maximum atomic E-state index is 5.84. The van der Waals surface area contributed by atoms with Crippen molar-refractivity contribution in [3.05, 3.63) is 53.6 Å². The van der Waals surface area contributed by atoms with Crippen LogP contribution in [0.1, 0.15) is 11.1 Å². The van der Waals surface area contributed by atoms with E-state index in [2.05, 4.69) is 36.4 Å². The molecule has 144 valence electrons. The SMILES string of the molecule is CN(C)CCNCc1ccc(OCc2ccc3c(c2)OCO3)cc1.[Cl-].[Cl-]. The van der Waals surface area contributed by atoms with E-state index < -0.39 is 0 Å². The molecule has 5 nitrogen and oxygen atoms in total. The van der Waals surface area contributed by atoms with Gasteiger partial charge in [0, 0.05) is 19.6 Å². The third-order valence-corrected chi connectivity index (χ3v) is 3.83. The molecule has 0 bridgehead atoms. The molecule has 0 atom stereocenters. The summed E-state index contributed by atoms with van der Waals surface area (Å²) in [6.07, 6.45) is 0. The van der Waals surface area contributed by atoms with Crippen LogP contribution in [0.3, 0.4) is 0 Å². The van der Waals surface area contributed by atoms with Crippen LogP contribution >= 0.6 is 0 Å². The van der Waals surface area contributed by atoms with Crippen molar-refractivity contribution >= 4 is 0 Å². The van der Waals surface area contributed by atoms with Gasteiger partial charge in [-0.2, -0.15) is 0 Å². The molecule has 0 saturated carbocycles. The summed E-state index contributed by atoms with van der Waals surface area (Å²) in [7, 11) is 4.15. The molecule has 0 spiro atoms. The highest BCUT2D eigenvalue weighted by atomic mass is 35.5. The van der Waals surface area contributed by atoms with Crippen LogP contribution in [0.25, 0.3) is 0 Å².